The van der Waals surface area contributed by atoms with E-state index in [0.29, 0.717) is 21.6 Å². The summed E-state index contributed by atoms with van der Waals surface area (Å²) in [4.78, 5) is 22.7. The number of hydrogen-bond donors (Lipinski definition) is 2. The topological polar surface area (TPSA) is 78.3 Å². The number of aromatic nitrogens is 2. The van der Waals surface area contributed by atoms with E-state index in [-0.39, 0.29) is 0 Å². The predicted octanol–water partition coefficient (Wildman–Crippen LogP) is 2.06. The predicted molar refractivity (Wildman–Crippen MR) is 80.8 cm³/mol. The lowest BCUT2D eigenvalue weighted by molar-refractivity contribution is 0.0701. The summed E-state index contributed by atoms with van der Waals surface area (Å²) in [6.07, 6.45) is 1.46. The standard InChI is InChI=1S/C13H18N4O2S/c1-7(17(3)4)5-14-11-9-8(2)10(13(18)19)20-12(9)16-6-15-11/h6-7H,5H2,1-4H3,(H,18,19)(H,14,15,16). The highest BCUT2D eigenvalue weighted by atomic mass is 32.1. The molecule has 0 aliphatic carbocycles. The van der Waals surface area contributed by atoms with Crippen molar-refractivity contribution in [1.82, 2.24) is 14.9 Å². The monoisotopic (exact) mass is 294 g/mol. The Morgan fingerprint density at radius 3 is 2.80 bits per heavy atom. The zero-order valence-electron chi connectivity index (χ0n) is 12.0. The van der Waals surface area contributed by atoms with Gasteiger partial charge in [-0.3, -0.25) is 0 Å². The molecule has 0 aromatic carbocycles. The van der Waals surface area contributed by atoms with Crippen LogP contribution >= 0.6 is 11.3 Å². The van der Waals surface area contributed by atoms with Gasteiger partial charge in [0.15, 0.2) is 0 Å². The van der Waals surface area contributed by atoms with E-state index < -0.39 is 5.97 Å². The second-order valence-corrected chi connectivity index (χ2v) is 5.96. The molecule has 0 radical (unpaired) electrons. The van der Waals surface area contributed by atoms with E-state index >= 15 is 0 Å². The fourth-order valence-corrected chi connectivity index (χ4v) is 2.82. The normalized spacial score (nSPS) is 12.8. The smallest absolute Gasteiger partial charge is 0.346 e. The van der Waals surface area contributed by atoms with Gasteiger partial charge in [-0.05, 0) is 33.5 Å². The Bertz CT molecular complexity index is 639. The van der Waals surface area contributed by atoms with Crippen molar-refractivity contribution in [3.63, 3.8) is 0 Å². The highest BCUT2D eigenvalue weighted by Gasteiger charge is 2.18. The molecule has 0 saturated carbocycles. The van der Waals surface area contributed by atoms with Gasteiger partial charge < -0.3 is 15.3 Å². The number of thiophene rings is 1. The number of fused-ring (bicyclic) bond motifs is 1. The summed E-state index contributed by atoms with van der Waals surface area (Å²) in [5, 5.41) is 13.3. The summed E-state index contributed by atoms with van der Waals surface area (Å²) in [7, 11) is 4.03. The van der Waals surface area contributed by atoms with Crippen LogP contribution in [0.1, 0.15) is 22.2 Å². The number of aromatic carboxylic acids is 1. The van der Waals surface area contributed by atoms with E-state index in [1.807, 2.05) is 14.1 Å². The molecular weight excluding hydrogens is 276 g/mol. The Kier molecular flexibility index (Phi) is 4.20. The summed E-state index contributed by atoms with van der Waals surface area (Å²) in [5.74, 6) is -0.219. The molecule has 0 fully saturated rings. The lowest BCUT2D eigenvalue weighted by atomic mass is 10.2. The number of carboxylic acids is 1. The summed E-state index contributed by atoms with van der Waals surface area (Å²) in [5.41, 5.74) is 0.720. The molecule has 2 heterocycles. The van der Waals surface area contributed by atoms with Crippen LogP contribution in [0.3, 0.4) is 0 Å². The van der Waals surface area contributed by atoms with Crippen LogP contribution in [0.15, 0.2) is 6.33 Å². The van der Waals surface area contributed by atoms with Crippen LogP contribution in [0.25, 0.3) is 10.2 Å². The number of carboxylic acid groups (broad SMARTS) is 1. The second kappa shape index (κ2) is 5.72. The maximum atomic E-state index is 11.2. The third-order valence-electron chi connectivity index (χ3n) is 3.37. The first kappa shape index (κ1) is 14.7. The molecule has 0 spiro atoms. The van der Waals surface area contributed by atoms with Crippen LogP contribution < -0.4 is 5.32 Å². The van der Waals surface area contributed by atoms with Gasteiger partial charge in [0.1, 0.15) is 21.9 Å². The van der Waals surface area contributed by atoms with Gasteiger partial charge in [0.2, 0.25) is 0 Å². The maximum Gasteiger partial charge on any atom is 0.346 e. The van der Waals surface area contributed by atoms with Gasteiger partial charge in [0.25, 0.3) is 0 Å². The van der Waals surface area contributed by atoms with Crippen molar-refractivity contribution in [3.8, 4) is 0 Å². The molecular formula is C13H18N4O2S. The van der Waals surface area contributed by atoms with Crippen LogP contribution in [0.4, 0.5) is 5.82 Å². The Morgan fingerprint density at radius 1 is 1.50 bits per heavy atom. The van der Waals surface area contributed by atoms with Gasteiger partial charge in [0.05, 0.1) is 5.39 Å². The second-order valence-electron chi connectivity index (χ2n) is 4.96. The van der Waals surface area contributed by atoms with Crippen molar-refractivity contribution in [3.05, 3.63) is 16.8 Å². The van der Waals surface area contributed by atoms with Gasteiger partial charge >= 0.3 is 5.97 Å². The first-order chi connectivity index (χ1) is 9.41. The number of hydrogen-bond acceptors (Lipinski definition) is 6. The van der Waals surface area contributed by atoms with Crippen LogP contribution in [-0.4, -0.2) is 52.6 Å². The van der Waals surface area contributed by atoms with Crippen molar-refractivity contribution >= 4 is 33.3 Å². The van der Waals surface area contributed by atoms with Crippen LogP contribution in [0.5, 0.6) is 0 Å². The largest absolute Gasteiger partial charge is 0.477 e. The van der Waals surface area contributed by atoms with Crippen molar-refractivity contribution in [2.45, 2.75) is 19.9 Å². The summed E-state index contributed by atoms with van der Waals surface area (Å²) < 4.78 is 0. The highest BCUT2D eigenvalue weighted by Crippen LogP contribution is 2.33. The zero-order valence-corrected chi connectivity index (χ0v) is 12.8. The summed E-state index contributed by atoms with van der Waals surface area (Å²) in [6.45, 7) is 4.64. The van der Waals surface area contributed by atoms with Crippen LogP contribution in [0.2, 0.25) is 0 Å². The SMILES string of the molecule is Cc1c(C(=O)O)sc2ncnc(NCC(C)N(C)C)c12. The third kappa shape index (κ3) is 2.73. The van der Waals surface area contributed by atoms with Crippen molar-refractivity contribution in [1.29, 1.82) is 0 Å². The van der Waals surface area contributed by atoms with Gasteiger partial charge in [0, 0.05) is 12.6 Å². The van der Waals surface area contributed by atoms with Gasteiger partial charge in [-0.15, -0.1) is 11.3 Å². The Morgan fingerprint density at radius 2 is 2.20 bits per heavy atom. The Labute approximate surface area is 121 Å². The Hall–Kier alpha value is -1.73. The zero-order chi connectivity index (χ0) is 14.9. The third-order valence-corrected chi connectivity index (χ3v) is 4.56. The molecule has 0 aliphatic heterocycles. The van der Waals surface area contributed by atoms with E-state index in [9.17, 15) is 9.90 Å². The minimum absolute atomic E-state index is 0.323. The van der Waals surface area contributed by atoms with Crippen LogP contribution in [0, 0.1) is 6.92 Å². The molecule has 0 bridgehead atoms. The molecule has 108 valence electrons. The minimum Gasteiger partial charge on any atom is -0.477 e. The molecule has 2 aromatic rings. The molecule has 2 rings (SSSR count). The van der Waals surface area contributed by atoms with E-state index in [0.717, 1.165) is 17.5 Å². The van der Waals surface area contributed by atoms with Crippen LogP contribution in [-0.2, 0) is 0 Å². The van der Waals surface area contributed by atoms with E-state index in [4.69, 9.17) is 0 Å². The lowest BCUT2D eigenvalue weighted by Crippen LogP contribution is -2.31. The first-order valence-electron chi connectivity index (χ1n) is 6.29. The van der Waals surface area contributed by atoms with Gasteiger partial charge in [-0.2, -0.15) is 0 Å². The van der Waals surface area contributed by atoms with E-state index in [2.05, 4.69) is 27.1 Å². The molecule has 1 unspecified atom stereocenters. The maximum absolute atomic E-state index is 11.2. The lowest BCUT2D eigenvalue weighted by Gasteiger charge is -2.20. The van der Waals surface area contributed by atoms with E-state index in [1.165, 1.54) is 17.7 Å². The van der Waals surface area contributed by atoms with E-state index in [1.54, 1.807) is 6.92 Å². The molecule has 2 N–H and O–H groups in total. The molecule has 7 heteroatoms. The molecule has 6 nitrogen and oxygen atoms in total. The molecule has 0 amide bonds. The summed E-state index contributed by atoms with van der Waals surface area (Å²) in [6, 6.07) is 0.345. The van der Waals surface area contributed by atoms with Crippen molar-refractivity contribution in [2.24, 2.45) is 0 Å². The molecule has 20 heavy (non-hydrogen) atoms. The molecule has 0 aliphatic rings. The number of nitrogens with zero attached hydrogens (tertiary/aromatic N) is 3. The number of likely N-dealkylation sites (N-methyl/N-ethyl adjacent to an activating group) is 1. The van der Waals surface area contributed by atoms with Gasteiger partial charge in [-0.1, -0.05) is 0 Å². The van der Waals surface area contributed by atoms with Gasteiger partial charge in [-0.25, -0.2) is 14.8 Å². The number of rotatable bonds is 5. The average Bonchev–Trinajstić information content (AvgIpc) is 2.74. The quantitative estimate of drug-likeness (QED) is 0.879. The molecule has 0 saturated heterocycles. The highest BCUT2D eigenvalue weighted by molar-refractivity contribution is 7.20. The van der Waals surface area contributed by atoms with Crippen molar-refractivity contribution in [2.75, 3.05) is 26.0 Å². The fourth-order valence-electron chi connectivity index (χ4n) is 1.84. The average molecular weight is 294 g/mol. The fraction of sp³-hybridized carbons (Fsp3) is 0.462. The molecule has 1 atom stereocenters. The summed E-state index contributed by atoms with van der Waals surface area (Å²) >= 11 is 1.19. The molecule has 2 aromatic heterocycles. The number of aryl methyl sites for hydroxylation is 1. The number of nitrogens with one attached hydrogen (secondary N) is 1. The first-order valence-corrected chi connectivity index (χ1v) is 7.11. The number of anilines is 1. The van der Waals surface area contributed by atoms with Crippen molar-refractivity contribution < 1.29 is 9.90 Å². The number of carbonyl (C=O) groups is 1. The minimum atomic E-state index is -0.918. The Balaban J connectivity index is 2.36.